The van der Waals surface area contributed by atoms with Crippen molar-refractivity contribution in [1.29, 1.82) is 0 Å². The maximum absolute atomic E-state index is 12.1. The lowest BCUT2D eigenvalue weighted by Gasteiger charge is -2.10. The third-order valence-corrected chi connectivity index (χ3v) is 4.20. The Kier molecular flexibility index (Phi) is 7.11. The number of ether oxygens (including phenoxy) is 1. The van der Waals surface area contributed by atoms with Crippen LogP contribution in [0.3, 0.4) is 0 Å². The topological polar surface area (TPSA) is 84.5 Å². The summed E-state index contributed by atoms with van der Waals surface area (Å²) >= 11 is 0. The number of carbonyl (C=O) groups is 3. The van der Waals surface area contributed by atoms with Crippen LogP contribution in [-0.2, 0) is 20.7 Å². The monoisotopic (exact) mass is 368 g/mol. The normalized spacial score (nSPS) is 10.2. The van der Waals surface area contributed by atoms with Crippen LogP contribution in [0.25, 0.3) is 0 Å². The predicted octanol–water partition coefficient (Wildman–Crippen LogP) is 2.78. The summed E-state index contributed by atoms with van der Waals surface area (Å²) in [6.07, 6.45) is 0.779. The van der Waals surface area contributed by atoms with Gasteiger partial charge in [-0.25, -0.2) is 0 Å². The molecule has 2 rings (SSSR count). The molecular weight excluding hydrogens is 344 g/mol. The van der Waals surface area contributed by atoms with Crippen LogP contribution in [0.4, 0.5) is 5.69 Å². The molecule has 0 fully saturated rings. The van der Waals surface area contributed by atoms with Crippen molar-refractivity contribution in [3.05, 3.63) is 64.7 Å². The van der Waals surface area contributed by atoms with Gasteiger partial charge in [-0.05, 0) is 55.2 Å². The fourth-order valence-electron chi connectivity index (χ4n) is 2.47. The zero-order chi connectivity index (χ0) is 19.8. The first kappa shape index (κ1) is 20.2. The van der Waals surface area contributed by atoms with Crippen molar-refractivity contribution in [2.24, 2.45) is 0 Å². The molecule has 0 unspecified atom stereocenters. The molecule has 0 radical (unpaired) electrons. The zero-order valence-corrected chi connectivity index (χ0v) is 15.8. The minimum Gasteiger partial charge on any atom is -0.454 e. The third-order valence-electron chi connectivity index (χ3n) is 4.20. The molecule has 0 saturated heterocycles. The van der Waals surface area contributed by atoms with E-state index in [4.69, 9.17) is 4.74 Å². The van der Waals surface area contributed by atoms with Crippen molar-refractivity contribution in [1.82, 2.24) is 5.32 Å². The number of hydrogen-bond donors (Lipinski definition) is 2. The molecular formula is C21H24N2O4. The Hall–Kier alpha value is -3.15. The number of esters is 1. The lowest BCUT2D eigenvalue weighted by Crippen LogP contribution is -2.32. The number of para-hydroxylation sites is 1. The first-order valence-electron chi connectivity index (χ1n) is 8.79. The van der Waals surface area contributed by atoms with Gasteiger partial charge in [0.2, 0.25) is 0 Å². The standard InChI is InChI=1S/C21H24N2O4/c1-4-16-7-5-6-8-18(16)23-19(24)13-27-20(25)12-22-21(26)17-10-9-14(2)15(3)11-17/h5-11H,4,12-13H2,1-3H3,(H,22,26)(H,23,24). The molecule has 142 valence electrons. The third kappa shape index (κ3) is 5.95. The van der Waals surface area contributed by atoms with Crippen LogP contribution in [-0.4, -0.2) is 30.9 Å². The van der Waals surface area contributed by atoms with Crippen molar-refractivity contribution in [3.63, 3.8) is 0 Å². The SMILES string of the molecule is CCc1ccccc1NC(=O)COC(=O)CNC(=O)c1ccc(C)c(C)c1. The molecule has 0 aliphatic carbocycles. The average Bonchev–Trinajstić information content (AvgIpc) is 2.67. The van der Waals surface area contributed by atoms with E-state index in [0.717, 1.165) is 23.1 Å². The van der Waals surface area contributed by atoms with Crippen LogP contribution in [0.15, 0.2) is 42.5 Å². The van der Waals surface area contributed by atoms with E-state index in [1.54, 1.807) is 18.2 Å². The van der Waals surface area contributed by atoms with E-state index in [-0.39, 0.29) is 12.5 Å². The van der Waals surface area contributed by atoms with Gasteiger partial charge in [0.25, 0.3) is 11.8 Å². The summed E-state index contributed by atoms with van der Waals surface area (Å²) < 4.78 is 4.91. The van der Waals surface area contributed by atoms with Gasteiger partial charge in [0.1, 0.15) is 6.54 Å². The maximum atomic E-state index is 12.1. The molecule has 27 heavy (non-hydrogen) atoms. The van der Waals surface area contributed by atoms with Crippen LogP contribution < -0.4 is 10.6 Å². The number of anilines is 1. The van der Waals surface area contributed by atoms with Crippen LogP contribution >= 0.6 is 0 Å². The highest BCUT2D eigenvalue weighted by Gasteiger charge is 2.12. The summed E-state index contributed by atoms with van der Waals surface area (Å²) in [5, 5.41) is 5.21. The molecule has 6 heteroatoms. The quantitative estimate of drug-likeness (QED) is 0.736. The van der Waals surface area contributed by atoms with Gasteiger partial charge in [-0.2, -0.15) is 0 Å². The summed E-state index contributed by atoms with van der Waals surface area (Å²) in [7, 11) is 0. The fourth-order valence-corrected chi connectivity index (χ4v) is 2.47. The Morgan fingerprint density at radius 3 is 2.44 bits per heavy atom. The van der Waals surface area contributed by atoms with Gasteiger partial charge >= 0.3 is 5.97 Å². The van der Waals surface area contributed by atoms with Crippen LogP contribution in [0.2, 0.25) is 0 Å². The number of benzene rings is 2. The molecule has 0 saturated carbocycles. The van der Waals surface area contributed by atoms with Crippen LogP contribution in [0.5, 0.6) is 0 Å². The number of hydrogen-bond acceptors (Lipinski definition) is 4. The Morgan fingerprint density at radius 2 is 1.74 bits per heavy atom. The Bertz CT molecular complexity index is 846. The highest BCUT2D eigenvalue weighted by molar-refractivity contribution is 5.97. The lowest BCUT2D eigenvalue weighted by molar-refractivity contribution is -0.146. The van der Waals surface area contributed by atoms with E-state index < -0.39 is 18.5 Å². The van der Waals surface area contributed by atoms with E-state index in [2.05, 4.69) is 10.6 Å². The second-order valence-corrected chi connectivity index (χ2v) is 6.20. The highest BCUT2D eigenvalue weighted by atomic mass is 16.5. The van der Waals surface area contributed by atoms with E-state index in [0.29, 0.717) is 11.3 Å². The molecule has 2 N–H and O–H groups in total. The number of nitrogens with one attached hydrogen (secondary N) is 2. The predicted molar refractivity (Wildman–Crippen MR) is 104 cm³/mol. The summed E-state index contributed by atoms with van der Waals surface area (Å²) in [5.41, 5.74) is 4.25. The van der Waals surface area contributed by atoms with Gasteiger partial charge < -0.3 is 15.4 Å². The molecule has 0 bridgehead atoms. The molecule has 6 nitrogen and oxygen atoms in total. The number of rotatable bonds is 7. The summed E-state index contributed by atoms with van der Waals surface area (Å²) in [5.74, 6) is -1.47. The molecule has 2 aromatic rings. The molecule has 0 spiro atoms. The van der Waals surface area contributed by atoms with Gasteiger partial charge in [-0.1, -0.05) is 31.2 Å². The minimum absolute atomic E-state index is 0.301. The van der Waals surface area contributed by atoms with E-state index >= 15 is 0 Å². The molecule has 0 aliphatic heterocycles. The summed E-state index contributed by atoms with van der Waals surface area (Å²) in [6.45, 7) is 5.15. The second-order valence-electron chi connectivity index (χ2n) is 6.20. The zero-order valence-electron chi connectivity index (χ0n) is 15.8. The minimum atomic E-state index is -0.675. The number of amides is 2. The van der Waals surface area contributed by atoms with Crippen molar-refractivity contribution in [2.45, 2.75) is 27.2 Å². The first-order chi connectivity index (χ1) is 12.9. The summed E-state index contributed by atoms with van der Waals surface area (Å²) in [4.78, 5) is 35.8. The van der Waals surface area contributed by atoms with Crippen molar-refractivity contribution >= 4 is 23.5 Å². The highest BCUT2D eigenvalue weighted by Crippen LogP contribution is 2.15. The van der Waals surface area contributed by atoms with Gasteiger partial charge in [-0.15, -0.1) is 0 Å². The van der Waals surface area contributed by atoms with E-state index in [1.165, 1.54) is 0 Å². The summed E-state index contributed by atoms with van der Waals surface area (Å²) in [6, 6.07) is 12.7. The van der Waals surface area contributed by atoms with Gasteiger partial charge in [0.05, 0.1) is 0 Å². The van der Waals surface area contributed by atoms with Gasteiger partial charge in [0.15, 0.2) is 6.61 Å². The van der Waals surface area contributed by atoms with Crippen LogP contribution in [0, 0.1) is 13.8 Å². The average molecular weight is 368 g/mol. The molecule has 0 heterocycles. The van der Waals surface area contributed by atoms with Gasteiger partial charge in [0, 0.05) is 11.3 Å². The van der Waals surface area contributed by atoms with Crippen molar-refractivity contribution in [2.75, 3.05) is 18.5 Å². The van der Waals surface area contributed by atoms with E-state index in [1.807, 2.05) is 45.0 Å². The number of aryl methyl sites for hydroxylation is 3. The lowest BCUT2D eigenvalue weighted by atomic mass is 10.1. The van der Waals surface area contributed by atoms with Gasteiger partial charge in [-0.3, -0.25) is 14.4 Å². The Labute approximate surface area is 158 Å². The van der Waals surface area contributed by atoms with Crippen molar-refractivity contribution in [3.8, 4) is 0 Å². The second kappa shape index (κ2) is 9.52. The molecule has 0 aromatic heterocycles. The maximum Gasteiger partial charge on any atom is 0.325 e. The number of carbonyl (C=O) groups excluding carboxylic acids is 3. The molecule has 0 atom stereocenters. The molecule has 2 amide bonds. The molecule has 0 aliphatic rings. The smallest absolute Gasteiger partial charge is 0.325 e. The molecule has 2 aromatic carbocycles. The van der Waals surface area contributed by atoms with Crippen LogP contribution in [0.1, 0.15) is 34.0 Å². The van der Waals surface area contributed by atoms with Crippen molar-refractivity contribution < 1.29 is 19.1 Å². The Morgan fingerprint density at radius 1 is 1.00 bits per heavy atom. The largest absolute Gasteiger partial charge is 0.454 e. The van der Waals surface area contributed by atoms with E-state index in [9.17, 15) is 14.4 Å². The first-order valence-corrected chi connectivity index (χ1v) is 8.79. The fraction of sp³-hybridized carbons (Fsp3) is 0.286. The Balaban J connectivity index is 1.77.